The molecule has 0 bridgehead atoms. The summed E-state index contributed by atoms with van der Waals surface area (Å²) in [7, 11) is 4.92. The summed E-state index contributed by atoms with van der Waals surface area (Å²) in [5.74, 6) is 0. The SMILES string of the molecule is CO.Cn1c[n+](C)c2[nH]cnc(=S)c21. The summed E-state index contributed by atoms with van der Waals surface area (Å²) in [6.45, 7) is 0. The van der Waals surface area contributed by atoms with E-state index < -0.39 is 0 Å². The maximum absolute atomic E-state index is 7.00. The molecule has 2 aromatic rings. The molecule has 2 N–H and O–H groups in total. The lowest BCUT2D eigenvalue weighted by Gasteiger charge is -1.85. The van der Waals surface area contributed by atoms with Crippen LogP contribution in [0.3, 0.4) is 0 Å². The van der Waals surface area contributed by atoms with Gasteiger partial charge in [-0.3, -0.25) is 9.55 Å². The fraction of sp³-hybridized carbons (Fsp3) is 0.375. The van der Waals surface area contributed by atoms with Gasteiger partial charge in [-0.1, -0.05) is 12.2 Å². The van der Waals surface area contributed by atoms with Crippen LogP contribution in [0.5, 0.6) is 0 Å². The van der Waals surface area contributed by atoms with Gasteiger partial charge in [-0.2, -0.15) is 0 Å². The molecule has 0 aliphatic heterocycles. The van der Waals surface area contributed by atoms with Gasteiger partial charge in [-0.05, 0) is 0 Å². The van der Waals surface area contributed by atoms with Gasteiger partial charge in [0.05, 0.1) is 14.1 Å². The summed E-state index contributed by atoms with van der Waals surface area (Å²) in [4.78, 5) is 7.05. The first-order chi connectivity index (χ1) is 6.70. The minimum absolute atomic E-state index is 0.631. The Bertz CT molecular complexity index is 488. The summed E-state index contributed by atoms with van der Waals surface area (Å²) in [6.07, 6.45) is 3.57. The Morgan fingerprint density at radius 1 is 1.57 bits per heavy atom. The first-order valence-corrected chi connectivity index (χ1v) is 4.44. The highest BCUT2D eigenvalue weighted by Gasteiger charge is 2.10. The molecule has 76 valence electrons. The predicted octanol–water partition coefficient (Wildman–Crippen LogP) is 0.0639. The average molecular weight is 213 g/mol. The van der Waals surface area contributed by atoms with Gasteiger partial charge in [-0.15, -0.1) is 0 Å². The number of nitrogens with one attached hydrogen (secondary N) is 1. The molecular weight excluding hydrogens is 200 g/mol. The van der Waals surface area contributed by atoms with E-state index >= 15 is 0 Å². The fourth-order valence-corrected chi connectivity index (χ4v) is 1.64. The van der Waals surface area contributed by atoms with E-state index in [-0.39, 0.29) is 0 Å². The van der Waals surface area contributed by atoms with Crippen molar-refractivity contribution in [2.45, 2.75) is 0 Å². The topological polar surface area (TPSA) is 57.7 Å². The second-order valence-electron chi connectivity index (χ2n) is 2.74. The third kappa shape index (κ3) is 1.66. The number of fused-ring (bicyclic) bond motifs is 1. The molecule has 0 aliphatic rings. The lowest BCUT2D eigenvalue weighted by Crippen LogP contribution is -2.26. The van der Waals surface area contributed by atoms with E-state index in [0.29, 0.717) is 4.64 Å². The minimum atomic E-state index is 0.631. The molecular formula is C8H13N4OS+. The molecule has 0 spiro atoms. The second kappa shape index (κ2) is 4.30. The van der Waals surface area contributed by atoms with Crippen LogP contribution in [-0.4, -0.2) is 26.8 Å². The lowest BCUT2D eigenvalue weighted by molar-refractivity contribution is -0.647. The number of hydrogen-bond acceptors (Lipinski definition) is 3. The molecule has 0 saturated heterocycles. The summed E-state index contributed by atoms with van der Waals surface area (Å²) >= 11 is 5.09. The van der Waals surface area contributed by atoms with Crippen molar-refractivity contribution in [3.63, 3.8) is 0 Å². The van der Waals surface area contributed by atoms with Gasteiger partial charge in [0.15, 0.2) is 17.3 Å². The average Bonchev–Trinajstić information content (AvgIpc) is 2.47. The number of H-pyrrole nitrogens is 1. The standard InChI is InChI=1S/C7H8N4S.CH4O/c1-10-4-11(2)6-5(10)7(12)9-3-8-6;1-2/h3-4H,1-2H3;2H,1H3/p+1. The molecule has 0 unspecified atom stereocenters. The highest BCUT2D eigenvalue weighted by molar-refractivity contribution is 7.71. The number of hydrogen-bond donors (Lipinski definition) is 2. The van der Waals surface area contributed by atoms with Gasteiger partial charge in [0, 0.05) is 7.11 Å². The molecule has 14 heavy (non-hydrogen) atoms. The molecule has 2 heterocycles. The predicted molar refractivity (Wildman–Crippen MR) is 55.2 cm³/mol. The largest absolute Gasteiger partial charge is 0.400 e. The van der Waals surface area contributed by atoms with Crippen LogP contribution in [0.2, 0.25) is 0 Å². The Hall–Kier alpha value is -1.27. The number of aliphatic hydroxyl groups excluding tert-OH is 1. The number of nitrogens with zero attached hydrogens (tertiary/aromatic N) is 3. The Morgan fingerprint density at radius 2 is 2.21 bits per heavy atom. The molecule has 0 aliphatic carbocycles. The quantitative estimate of drug-likeness (QED) is 0.481. The van der Waals surface area contributed by atoms with Crippen molar-refractivity contribution in [3.8, 4) is 0 Å². The normalized spacial score (nSPS) is 9.71. The molecule has 2 rings (SSSR count). The summed E-state index contributed by atoms with van der Waals surface area (Å²) < 4.78 is 4.57. The lowest BCUT2D eigenvalue weighted by atomic mass is 10.5. The first-order valence-electron chi connectivity index (χ1n) is 4.03. The van der Waals surface area contributed by atoms with Crippen LogP contribution in [0.1, 0.15) is 0 Å². The van der Waals surface area contributed by atoms with Crippen molar-refractivity contribution >= 4 is 23.4 Å². The molecule has 0 aromatic carbocycles. The van der Waals surface area contributed by atoms with E-state index in [1.54, 1.807) is 6.33 Å². The van der Waals surface area contributed by atoms with Gasteiger partial charge in [-0.25, -0.2) is 9.55 Å². The maximum Gasteiger partial charge on any atom is 0.269 e. The van der Waals surface area contributed by atoms with E-state index in [4.69, 9.17) is 17.3 Å². The minimum Gasteiger partial charge on any atom is -0.400 e. The van der Waals surface area contributed by atoms with Gasteiger partial charge < -0.3 is 5.11 Å². The number of aryl methyl sites for hydroxylation is 2. The van der Waals surface area contributed by atoms with Crippen LogP contribution < -0.4 is 4.57 Å². The molecule has 5 nitrogen and oxygen atoms in total. The van der Waals surface area contributed by atoms with Crippen LogP contribution in [0, 0.1) is 4.64 Å². The Kier molecular flexibility index (Phi) is 3.32. The van der Waals surface area contributed by atoms with Crippen molar-refractivity contribution in [1.29, 1.82) is 0 Å². The number of imidazole rings is 1. The van der Waals surface area contributed by atoms with Crippen LogP contribution in [-0.2, 0) is 14.1 Å². The third-order valence-corrected chi connectivity index (χ3v) is 2.16. The van der Waals surface area contributed by atoms with Gasteiger partial charge in [0.25, 0.3) is 5.65 Å². The molecule has 0 fully saturated rings. The third-order valence-electron chi connectivity index (χ3n) is 1.86. The van der Waals surface area contributed by atoms with Crippen molar-refractivity contribution in [2.75, 3.05) is 7.11 Å². The van der Waals surface area contributed by atoms with Crippen LogP contribution in [0.15, 0.2) is 12.7 Å². The Labute approximate surface area is 86.7 Å². The zero-order valence-corrected chi connectivity index (χ0v) is 9.17. The number of aromatic amines is 1. The summed E-state index contributed by atoms with van der Waals surface area (Å²) in [5, 5.41) is 7.00. The zero-order chi connectivity index (χ0) is 10.7. The summed E-state index contributed by atoms with van der Waals surface area (Å²) in [6, 6.07) is 0. The fourth-order valence-electron chi connectivity index (χ4n) is 1.34. The van der Waals surface area contributed by atoms with E-state index in [1.165, 1.54) is 0 Å². The van der Waals surface area contributed by atoms with Gasteiger partial charge in [0.2, 0.25) is 5.52 Å². The molecule has 0 saturated carbocycles. The van der Waals surface area contributed by atoms with Crippen LogP contribution in [0.25, 0.3) is 11.2 Å². The van der Waals surface area contributed by atoms with E-state index in [0.717, 1.165) is 18.3 Å². The number of aromatic nitrogens is 4. The molecule has 0 atom stereocenters. The van der Waals surface area contributed by atoms with Crippen molar-refractivity contribution < 1.29 is 9.67 Å². The van der Waals surface area contributed by atoms with E-state index in [9.17, 15) is 0 Å². The monoisotopic (exact) mass is 213 g/mol. The molecule has 2 aromatic heterocycles. The van der Waals surface area contributed by atoms with Gasteiger partial charge >= 0.3 is 0 Å². The first kappa shape index (κ1) is 10.8. The van der Waals surface area contributed by atoms with Gasteiger partial charge in [0.1, 0.15) is 0 Å². The molecule has 6 heteroatoms. The van der Waals surface area contributed by atoms with Crippen LogP contribution >= 0.6 is 12.2 Å². The highest BCUT2D eigenvalue weighted by atomic mass is 32.1. The van der Waals surface area contributed by atoms with E-state index in [1.807, 2.05) is 29.6 Å². The highest BCUT2D eigenvalue weighted by Crippen LogP contribution is 2.05. The van der Waals surface area contributed by atoms with Crippen LogP contribution in [0.4, 0.5) is 0 Å². The van der Waals surface area contributed by atoms with Crippen molar-refractivity contribution in [2.24, 2.45) is 14.1 Å². The Balaban J connectivity index is 0.000000461. The summed E-state index contributed by atoms with van der Waals surface area (Å²) in [5.41, 5.74) is 1.97. The Morgan fingerprint density at radius 3 is 2.79 bits per heavy atom. The maximum atomic E-state index is 7.00. The second-order valence-corrected chi connectivity index (χ2v) is 3.13. The number of aliphatic hydroxyl groups is 1. The van der Waals surface area contributed by atoms with E-state index in [2.05, 4.69) is 9.97 Å². The smallest absolute Gasteiger partial charge is 0.269 e. The molecule has 0 radical (unpaired) electrons. The van der Waals surface area contributed by atoms with Crippen molar-refractivity contribution in [3.05, 3.63) is 17.3 Å². The van der Waals surface area contributed by atoms with Crippen molar-refractivity contribution in [1.82, 2.24) is 14.5 Å². The number of rotatable bonds is 0. The zero-order valence-electron chi connectivity index (χ0n) is 8.35. The molecule has 0 amide bonds.